The number of carboxylic acid groups (broad SMARTS) is 1. The van der Waals surface area contributed by atoms with E-state index in [2.05, 4.69) is 10.2 Å². The average molecular weight is 255 g/mol. The Bertz CT molecular complexity index is 401. The average Bonchev–Trinajstić information content (AvgIpc) is 2.54. The maximum Gasteiger partial charge on any atom is 0.326 e. The van der Waals surface area contributed by atoms with Gasteiger partial charge in [-0.05, 0) is 26.8 Å². The number of carbonyl (C=O) groups excluding carboxylic acids is 2. The van der Waals surface area contributed by atoms with Crippen molar-refractivity contribution in [2.45, 2.75) is 31.3 Å². The van der Waals surface area contributed by atoms with E-state index in [1.165, 1.54) is 6.92 Å². The number of imide groups is 1. The molecule has 7 heteroatoms. The summed E-state index contributed by atoms with van der Waals surface area (Å²) in [6.07, 6.45) is 1.05. The third kappa shape index (κ3) is 1.84. The van der Waals surface area contributed by atoms with Crippen molar-refractivity contribution in [1.29, 1.82) is 0 Å². The molecule has 2 aliphatic rings. The lowest BCUT2D eigenvalue weighted by atomic mass is 9.87. The van der Waals surface area contributed by atoms with Crippen LogP contribution in [0.15, 0.2) is 0 Å². The van der Waals surface area contributed by atoms with Crippen LogP contribution in [0.1, 0.15) is 19.8 Å². The molecule has 0 aromatic rings. The lowest BCUT2D eigenvalue weighted by Gasteiger charge is -2.35. The van der Waals surface area contributed by atoms with Crippen molar-refractivity contribution >= 4 is 17.9 Å². The number of likely N-dealkylation sites (tertiary alicyclic amines) is 1. The second-order valence-corrected chi connectivity index (χ2v) is 5.00. The van der Waals surface area contributed by atoms with E-state index in [1.807, 2.05) is 7.05 Å². The van der Waals surface area contributed by atoms with Gasteiger partial charge in [0, 0.05) is 13.1 Å². The van der Waals surface area contributed by atoms with Gasteiger partial charge in [0.05, 0.1) is 0 Å². The van der Waals surface area contributed by atoms with Gasteiger partial charge in [-0.25, -0.2) is 14.5 Å². The van der Waals surface area contributed by atoms with Gasteiger partial charge >= 0.3 is 12.0 Å². The van der Waals surface area contributed by atoms with Crippen LogP contribution < -0.4 is 5.32 Å². The van der Waals surface area contributed by atoms with Crippen molar-refractivity contribution in [1.82, 2.24) is 15.1 Å². The van der Waals surface area contributed by atoms with Gasteiger partial charge in [0.1, 0.15) is 11.6 Å². The largest absolute Gasteiger partial charge is 0.480 e. The Morgan fingerprint density at radius 1 is 1.39 bits per heavy atom. The molecule has 3 amide bonds. The minimum atomic E-state index is -1.18. The Labute approximate surface area is 105 Å². The van der Waals surface area contributed by atoms with Crippen LogP contribution in [-0.2, 0) is 9.59 Å². The maximum atomic E-state index is 12.3. The maximum absolute atomic E-state index is 12.3. The number of hydrogen-bond acceptors (Lipinski definition) is 4. The first-order valence-electron chi connectivity index (χ1n) is 5.94. The summed E-state index contributed by atoms with van der Waals surface area (Å²) in [5.41, 5.74) is -0.896. The number of aliphatic carboxylic acids is 1. The highest BCUT2D eigenvalue weighted by Gasteiger charge is 2.54. The van der Waals surface area contributed by atoms with E-state index < -0.39 is 29.5 Å². The fourth-order valence-corrected chi connectivity index (χ4v) is 2.44. The quantitative estimate of drug-likeness (QED) is 0.648. The number of piperidine rings is 1. The van der Waals surface area contributed by atoms with Crippen LogP contribution >= 0.6 is 0 Å². The molecule has 0 saturated carbocycles. The molecule has 18 heavy (non-hydrogen) atoms. The number of amides is 3. The Hall–Kier alpha value is -1.63. The summed E-state index contributed by atoms with van der Waals surface area (Å²) in [6, 6.07) is -1.73. The van der Waals surface area contributed by atoms with Crippen molar-refractivity contribution in [3.8, 4) is 0 Å². The van der Waals surface area contributed by atoms with Gasteiger partial charge in [-0.2, -0.15) is 0 Å². The van der Waals surface area contributed by atoms with E-state index in [1.54, 1.807) is 0 Å². The van der Waals surface area contributed by atoms with Crippen LogP contribution in [0.3, 0.4) is 0 Å². The van der Waals surface area contributed by atoms with E-state index in [-0.39, 0.29) is 0 Å². The molecule has 0 bridgehead atoms. The topological polar surface area (TPSA) is 89.9 Å². The minimum absolute atomic E-state index is 0.407. The molecule has 2 rings (SSSR count). The molecule has 0 aliphatic carbocycles. The lowest BCUT2D eigenvalue weighted by Crippen LogP contribution is -2.54. The van der Waals surface area contributed by atoms with Crippen molar-refractivity contribution in [3.05, 3.63) is 0 Å². The zero-order valence-corrected chi connectivity index (χ0v) is 10.5. The molecule has 2 heterocycles. The van der Waals surface area contributed by atoms with Crippen LogP contribution in [-0.4, -0.2) is 64.5 Å². The normalized spacial score (nSPS) is 25.3. The van der Waals surface area contributed by atoms with Crippen molar-refractivity contribution < 1.29 is 19.5 Å². The summed E-state index contributed by atoms with van der Waals surface area (Å²) in [5, 5.41) is 11.6. The highest BCUT2D eigenvalue weighted by atomic mass is 16.4. The van der Waals surface area contributed by atoms with E-state index >= 15 is 0 Å². The highest BCUT2D eigenvalue weighted by molar-refractivity contribution is 6.09. The Morgan fingerprint density at radius 2 is 1.94 bits per heavy atom. The van der Waals surface area contributed by atoms with Crippen LogP contribution in [0.4, 0.5) is 4.79 Å². The SMILES string of the molecule is CC(C(=O)O)N1C(=O)NC2(CCN(C)CC2)C1=O. The molecule has 2 aliphatic heterocycles. The zero-order chi connectivity index (χ0) is 13.5. The van der Waals surface area contributed by atoms with E-state index in [9.17, 15) is 14.4 Å². The monoisotopic (exact) mass is 255 g/mol. The van der Waals surface area contributed by atoms with Gasteiger partial charge in [0.15, 0.2) is 0 Å². The Morgan fingerprint density at radius 3 is 2.44 bits per heavy atom. The summed E-state index contributed by atoms with van der Waals surface area (Å²) in [7, 11) is 1.95. The minimum Gasteiger partial charge on any atom is -0.480 e. The summed E-state index contributed by atoms with van der Waals surface area (Å²) < 4.78 is 0. The summed E-state index contributed by atoms with van der Waals surface area (Å²) in [5.74, 6) is -1.58. The van der Waals surface area contributed by atoms with Gasteiger partial charge in [-0.3, -0.25) is 4.79 Å². The van der Waals surface area contributed by atoms with Gasteiger partial charge in [0.2, 0.25) is 0 Å². The van der Waals surface area contributed by atoms with Gasteiger partial charge in [0.25, 0.3) is 5.91 Å². The van der Waals surface area contributed by atoms with Crippen LogP contribution in [0, 0.1) is 0 Å². The van der Waals surface area contributed by atoms with Crippen molar-refractivity contribution in [2.24, 2.45) is 0 Å². The molecule has 2 N–H and O–H groups in total. The summed E-state index contributed by atoms with van der Waals surface area (Å²) in [4.78, 5) is 37.9. The first-order valence-corrected chi connectivity index (χ1v) is 5.94. The fraction of sp³-hybridized carbons (Fsp3) is 0.727. The summed E-state index contributed by atoms with van der Waals surface area (Å²) >= 11 is 0. The predicted molar refractivity (Wildman–Crippen MR) is 61.9 cm³/mol. The molecule has 7 nitrogen and oxygen atoms in total. The number of urea groups is 1. The molecule has 0 aromatic carbocycles. The van der Waals surface area contributed by atoms with Crippen LogP contribution in [0.25, 0.3) is 0 Å². The number of carbonyl (C=O) groups is 3. The van der Waals surface area contributed by atoms with E-state index in [0.29, 0.717) is 25.9 Å². The predicted octanol–water partition coefficient (Wildman–Crippen LogP) is -0.524. The van der Waals surface area contributed by atoms with E-state index in [0.717, 1.165) is 4.90 Å². The third-order valence-corrected chi connectivity index (χ3v) is 3.78. The van der Waals surface area contributed by atoms with Crippen molar-refractivity contribution in [3.63, 3.8) is 0 Å². The van der Waals surface area contributed by atoms with Crippen LogP contribution in [0.5, 0.6) is 0 Å². The molecule has 2 saturated heterocycles. The number of rotatable bonds is 2. The number of hydrogen-bond donors (Lipinski definition) is 2. The third-order valence-electron chi connectivity index (χ3n) is 3.78. The molecular weight excluding hydrogens is 238 g/mol. The molecular formula is C11H17N3O4. The van der Waals surface area contributed by atoms with Gasteiger partial charge in [-0.15, -0.1) is 0 Å². The zero-order valence-electron chi connectivity index (χ0n) is 10.5. The van der Waals surface area contributed by atoms with Gasteiger partial charge < -0.3 is 15.3 Å². The first kappa shape index (κ1) is 12.8. The second kappa shape index (κ2) is 4.24. The molecule has 2 fully saturated rings. The smallest absolute Gasteiger partial charge is 0.326 e. The first-order chi connectivity index (χ1) is 8.37. The summed E-state index contributed by atoms with van der Waals surface area (Å²) in [6.45, 7) is 2.76. The molecule has 1 atom stereocenters. The molecule has 1 unspecified atom stereocenters. The number of nitrogens with one attached hydrogen (secondary N) is 1. The highest BCUT2D eigenvalue weighted by Crippen LogP contribution is 2.30. The molecule has 1 spiro atoms. The molecule has 0 aromatic heterocycles. The number of nitrogens with zero attached hydrogens (tertiary/aromatic N) is 2. The molecule has 100 valence electrons. The fourth-order valence-electron chi connectivity index (χ4n) is 2.44. The van der Waals surface area contributed by atoms with E-state index in [4.69, 9.17) is 5.11 Å². The number of carboxylic acids is 1. The van der Waals surface area contributed by atoms with Crippen molar-refractivity contribution in [2.75, 3.05) is 20.1 Å². The standard InChI is InChI=1S/C11H17N3O4/c1-7(8(15)16)14-9(17)11(12-10(14)18)3-5-13(2)6-4-11/h7H,3-6H2,1-2H3,(H,12,18)(H,15,16). The van der Waals surface area contributed by atoms with Gasteiger partial charge in [-0.1, -0.05) is 0 Å². The Kier molecular flexibility index (Phi) is 3.02. The Balaban J connectivity index is 2.21. The lowest BCUT2D eigenvalue weighted by molar-refractivity contribution is -0.147. The second-order valence-electron chi connectivity index (χ2n) is 5.00. The molecule has 0 radical (unpaired) electrons. The van der Waals surface area contributed by atoms with Crippen LogP contribution in [0.2, 0.25) is 0 Å².